The van der Waals surface area contributed by atoms with Crippen LogP contribution in [0.3, 0.4) is 0 Å². The minimum absolute atomic E-state index is 0.0564. The number of carboxylic acids is 1. The van der Waals surface area contributed by atoms with Crippen molar-refractivity contribution in [3.8, 4) is 0 Å². The Balaban J connectivity index is 2.51. The lowest BCUT2D eigenvalue weighted by Crippen LogP contribution is -2.04. The largest absolute Gasteiger partial charge is 0.478 e. The summed E-state index contributed by atoms with van der Waals surface area (Å²) in [5.41, 5.74) is 0.0605. The quantitative estimate of drug-likeness (QED) is 0.643. The Bertz CT molecular complexity index is 734. The number of hydrogen-bond donors (Lipinski definition) is 2. The number of carboxylic acid groups (broad SMARTS) is 1. The average Bonchev–Trinajstić information content (AvgIpc) is 2.43. The summed E-state index contributed by atoms with van der Waals surface area (Å²) < 4.78 is 0. The van der Waals surface area contributed by atoms with Gasteiger partial charge in [0.05, 0.1) is 31.9 Å². The first-order valence-corrected chi connectivity index (χ1v) is 6.38. The Morgan fingerprint density at radius 2 is 1.90 bits per heavy atom. The van der Waals surface area contributed by atoms with E-state index in [4.69, 9.17) is 28.3 Å². The number of rotatable bonds is 4. The summed E-state index contributed by atoms with van der Waals surface area (Å²) in [5.74, 6) is -1.22. The molecule has 0 aliphatic rings. The molecule has 0 saturated carbocycles. The molecule has 0 heterocycles. The summed E-state index contributed by atoms with van der Waals surface area (Å²) in [4.78, 5) is 21.4. The van der Waals surface area contributed by atoms with Crippen LogP contribution in [0, 0.1) is 10.1 Å². The molecule has 8 heteroatoms. The molecule has 2 aromatic carbocycles. The van der Waals surface area contributed by atoms with Crippen molar-refractivity contribution in [3.63, 3.8) is 0 Å². The molecule has 0 amide bonds. The molecule has 21 heavy (non-hydrogen) atoms. The molecule has 0 spiro atoms. The molecule has 108 valence electrons. The first kappa shape index (κ1) is 15.1. The highest BCUT2D eigenvalue weighted by Crippen LogP contribution is 2.33. The third kappa shape index (κ3) is 3.24. The highest BCUT2D eigenvalue weighted by Gasteiger charge is 2.16. The number of nitro benzene ring substituents is 1. The van der Waals surface area contributed by atoms with Gasteiger partial charge in [0.2, 0.25) is 0 Å². The molecule has 0 saturated heterocycles. The molecule has 0 aliphatic carbocycles. The molecule has 6 nitrogen and oxygen atoms in total. The minimum atomic E-state index is -1.22. The zero-order valence-electron chi connectivity index (χ0n) is 10.3. The zero-order chi connectivity index (χ0) is 15.6. The zero-order valence-corrected chi connectivity index (χ0v) is 11.9. The second-order valence-electron chi connectivity index (χ2n) is 4.02. The van der Waals surface area contributed by atoms with Gasteiger partial charge in [-0.15, -0.1) is 0 Å². The summed E-state index contributed by atoms with van der Waals surface area (Å²) in [6.07, 6.45) is 0. The molecule has 2 aromatic rings. The maximum atomic E-state index is 11.2. The van der Waals surface area contributed by atoms with E-state index in [-0.39, 0.29) is 27.0 Å². The van der Waals surface area contributed by atoms with E-state index in [1.54, 1.807) is 18.2 Å². The van der Waals surface area contributed by atoms with E-state index in [0.29, 0.717) is 5.69 Å². The number of non-ortho nitro benzene ring substituents is 1. The van der Waals surface area contributed by atoms with Crippen LogP contribution < -0.4 is 5.32 Å². The number of benzene rings is 2. The van der Waals surface area contributed by atoms with E-state index < -0.39 is 10.9 Å². The van der Waals surface area contributed by atoms with Crippen molar-refractivity contribution in [2.45, 2.75) is 0 Å². The van der Waals surface area contributed by atoms with Crippen LogP contribution in [0.2, 0.25) is 10.0 Å². The number of anilines is 2. The lowest BCUT2D eigenvalue weighted by Gasteiger charge is -2.11. The third-order valence-corrected chi connectivity index (χ3v) is 3.48. The van der Waals surface area contributed by atoms with Crippen molar-refractivity contribution in [2.75, 3.05) is 5.32 Å². The van der Waals surface area contributed by atoms with E-state index in [0.717, 1.165) is 18.2 Å². The van der Waals surface area contributed by atoms with Crippen molar-refractivity contribution >= 4 is 46.2 Å². The van der Waals surface area contributed by atoms with E-state index in [1.165, 1.54) is 0 Å². The fourth-order valence-corrected chi connectivity index (χ4v) is 2.03. The Kier molecular flexibility index (Phi) is 4.30. The van der Waals surface area contributed by atoms with Gasteiger partial charge in [-0.2, -0.15) is 0 Å². The molecule has 0 aliphatic heterocycles. The maximum Gasteiger partial charge on any atom is 0.337 e. The monoisotopic (exact) mass is 326 g/mol. The van der Waals surface area contributed by atoms with Gasteiger partial charge in [0.1, 0.15) is 0 Å². The van der Waals surface area contributed by atoms with Gasteiger partial charge < -0.3 is 10.4 Å². The van der Waals surface area contributed by atoms with E-state index in [1.807, 2.05) is 0 Å². The molecular weight excluding hydrogens is 319 g/mol. The van der Waals surface area contributed by atoms with Crippen LogP contribution in [-0.2, 0) is 0 Å². The predicted molar refractivity (Wildman–Crippen MR) is 79.8 cm³/mol. The summed E-state index contributed by atoms with van der Waals surface area (Å²) >= 11 is 11.9. The van der Waals surface area contributed by atoms with Crippen LogP contribution >= 0.6 is 23.2 Å². The number of nitro groups is 1. The van der Waals surface area contributed by atoms with Crippen LogP contribution in [0.5, 0.6) is 0 Å². The maximum absolute atomic E-state index is 11.2. The SMILES string of the molecule is O=C(O)c1ccc([N+](=O)[O-])cc1Nc1cccc(Cl)c1Cl. The number of nitrogens with zero attached hydrogens (tertiary/aromatic N) is 1. The second-order valence-corrected chi connectivity index (χ2v) is 4.80. The summed E-state index contributed by atoms with van der Waals surface area (Å²) in [5, 5.41) is 23.2. The van der Waals surface area contributed by atoms with Crippen LogP contribution in [0.25, 0.3) is 0 Å². The highest BCUT2D eigenvalue weighted by atomic mass is 35.5. The summed E-state index contributed by atoms with van der Waals surface area (Å²) in [6.45, 7) is 0. The molecule has 2 N–H and O–H groups in total. The first-order valence-electron chi connectivity index (χ1n) is 5.63. The van der Waals surface area contributed by atoms with Gasteiger partial charge >= 0.3 is 5.97 Å². The van der Waals surface area contributed by atoms with Crippen LogP contribution in [-0.4, -0.2) is 16.0 Å². The topological polar surface area (TPSA) is 92.5 Å². The minimum Gasteiger partial charge on any atom is -0.478 e. The lowest BCUT2D eigenvalue weighted by atomic mass is 10.1. The van der Waals surface area contributed by atoms with Gasteiger partial charge in [-0.05, 0) is 18.2 Å². The lowest BCUT2D eigenvalue weighted by molar-refractivity contribution is -0.384. The first-order chi connectivity index (χ1) is 9.90. The van der Waals surface area contributed by atoms with Crippen molar-refractivity contribution < 1.29 is 14.8 Å². The molecule has 0 atom stereocenters. The van der Waals surface area contributed by atoms with E-state index in [2.05, 4.69) is 5.32 Å². The molecular formula is C13H8Cl2N2O4. The Labute approximate surface area is 129 Å². The summed E-state index contributed by atoms with van der Waals surface area (Å²) in [7, 11) is 0. The van der Waals surface area contributed by atoms with Gasteiger partial charge in [0.25, 0.3) is 5.69 Å². The molecule has 0 bridgehead atoms. The van der Waals surface area contributed by atoms with E-state index in [9.17, 15) is 14.9 Å². The molecule has 0 fully saturated rings. The Morgan fingerprint density at radius 3 is 2.52 bits per heavy atom. The highest BCUT2D eigenvalue weighted by molar-refractivity contribution is 6.43. The summed E-state index contributed by atoms with van der Waals surface area (Å²) in [6, 6.07) is 8.17. The van der Waals surface area contributed by atoms with Crippen LogP contribution in [0.1, 0.15) is 10.4 Å². The predicted octanol–water partition coefficient (Wildman–Crippen LogP) is 4.34. The van der Waals surface area contributed by atoms with Gasteiger partial charge in [0.15, 0.2) is 0 Å². The van der Waals surface area contributed by atoms with Gasteiger partial charge in [-0.1, -0.05) is 29.3 Å². The smallest absolute Gasteiger partial charge is 0.337 e. The number of carbonyl (C=O) groups is 1. The number of nitrogens with one attached hydrogen (secondary N) is 1. The van der Waals surface area contributed by atoms with Gasteiger partial charge in [-0.25, -0.2) is 4.79 Å². The normalized spacial score (nSPS) is 10.2. The third-order valence-electron chi connectivity index (χ3n) is 2.67. The van der Waals surface area contributed by atoms with E-state index >= 15 is 0 Å². The fraction of sp³-hybridized carbons (Fsp3) is 0. The van der Waals surface area contributed by atoms with Crippen LogP contribution in [0.15, 0.2) is 36.4 Å². The Morgan fingerprint density at radius 1 is 1.19 bits per heavy atom. The average molecular weight is 327 g/mol. The number of aromatic carboxylic acids is 1. The number of halogens is 2. The number of hydrogen-bond acceptors (Lipinski definition) is 4. The molecule has 0 aromatic heterocycles. The Hall–Kier alpha value is -2.31. The van der Waals surface area contributed by atoms with Gasteiger partial charge in [-0.3, -0.25) is 10.1 Å². The molecule has 0 radical (unpaired) electrons. The van der Waals surface area contributed by atoms with Crippen molar-refractivity contribution in [2.24, 2.45) is 0 Å². The van der Waals surface area contributed by atoms with Crippen molar-refractivity contribution in [3.05, 3.63) is 62.1 Å². The van der Waals surface area contributed by atoms with Crippen molar-refractivity contribution in [1.82, 2.24) is 0 Å². The molecule has 2 rings (SSSR count). The van der Waals surface area contributed by atoms with Gasteiger partial charge in [0, 0.05) is 12.1 Å². The van der Waals surface area contributed by atoms with Crippen LogP contribution in [0.4, 0.5) is 17.1 Å². The molecule has 0 unspecified atom stereocenters. The second kappa shape index (κ2) is 5.99. The van der Waals surface area contributed by atoms with Crippen molar-refractivity contribution in [1.29, 1.82) is 0 Å². The fourth-order valence-electron chi connectivity index (χ4n) is 1.68. The standard InChI is InChI=1S/C13H8Cl2N2O4/c14-9-2-1-3-10(12(9)15)16-11-6-7(17(20)21)4-5-8(11)13(18)19/h1-6,16H,(H,18,19).